The third-order valence-corrected chi connectivity index (χ3v) is 2.78. The zero-order valence-corrected chi connectivity index (χ0v) is 10.9. The Morgan fingerprint density at radius 2 is 2.00 bits per heavy atom. The van der Waals surface area contributed by atoms with Crippen molar-refractivity contribution in [1.29, 1.82) is 0 Å². The summed E-state index contributed by atoms with van der Waals surface area (Å²) >= 11 is 11.6. The molecule has 0 saturated carbocycles. The predicted molar refractivity (Wildman–Crippen MR) is 67.5 cm³/mol. The Bertz CT molecular complexity index is 397. The van der Waals surface area contributed by atoms with E-state index in [-0.39, 0.29) is 23.9 Å². The molecule has 17 heavy (non-hydrogen) atoms. The molecular formula is C11H15Cl2NO3. The highest BCUT2D eigenvalue weighted by molar-refractivity contribution is 6.35. The summed E-state index contributed by atoms with van der Waals surface area (Å²) in [5.41, 5.74) is -0.658. The van der Waals surface area contributed by atoms with Crippen LogP contribution in [0.25, 0.3) is 0 Å². The molecule has 0 heterocycles. The van der Waals surface area contributed by atoms with E-state index in [2.05, 4.69) is 5.32 Å². The van der Waals surface area contributed by atoms with Crippen LogP contribution in [-0.4, -0.2) is 34.1 Å². The number of hydrogen-bond acceptors (Lipinski definition) is 4. The summed E-state index contributed by atoms with van der Waals surface area (Å²) in [5.74, 6) is -0.0350. The fraction of sp³-hybridized carbons (Fsp3) is 0.455. The summed E-state index contributed by atoms with van der Waals surface area (Å²) in [6.45, 7) is 1.64. The monoisotopic (exact) mass is 279 g/mol. The Balaban J connectivity index is 2.64. The molecule has 0 saturated heterocycles. The quantitative estimate of drug-likeness (QED) is 0.660. The minimum Gasteiger partial charge on any atom is -0.506 e. The molecule has 0 amide bonds. The number of phenols is 1. The Kier molecular flexibility index (Phi) is 5.04. The number of aliphatic hydroxyl groups is 2. The van der Waals surface area contributed by atoms with Crippen LogP contribution in [-0.2, 0) is 6.54 Å². The second-order valence-electron chi connectivity index (χ2n) is 4.15. The Labute approximate surface area is 110 Å². The van der Waals surface area contributed by atoms with Crippen LogP contribution in [0.4, 0.5) is 0 Å². The highest BCUT2D eigenvalue weighted by Gasteiger charge is 2.18. The predicted octanol–water partition coefficient (Wildman–Crippen LogP) is 1.53. The lowest BCUT2D eigenvalue weighted by atomic mass is 10.1. The second kappa shape index (κ2) is 5.89. The first kappa shape index (κ1) is 14.5. The van der Waals surface area contributed by atoms with Crippen molar-refractivity contribution >= 4 is 23.2 Å². The topological polar surface area (TPSA) is 72.7 Å². The molecular weight excluding hydrogens is 265 g/mol. The fourth-order valence-electron chi connectivity index (χ4n) is 1.28. The van der Waals surface area contributed by atoms with Crippen molar-refractivity contribution in [2.24, 2.45) is 0 Å². The van der Waals surface area contributed by atoms with Gasteiger partial charge in [0, 0.05) is 23.7 Å². The first-order valence-electron chi connectivity index (χ1n) is 5.06. The lowest BCUT2D eigenvalue weighted by molar-refractivity contribution is 0.00251. The summed E-state index contributed by atoms with van der Waals surface area (Å²) < 4.78 is 0. The van der Waals surface area contributed by atoms with Crippen molar-refractivity contribution in [2.75, 3.05) is 13.2 Å². The Hall–Kier alpha value is -0.520. The van der Waals surface area contributed by atoms with Crippen molar-refractivity contribution in [3.8, 4) is 5.75 Å². The minimum atomic E-state index is -1.20. The van der Waals surface area contributed by atoms with Gasteiger partial charge < -0.3 is 20.6 Å². The van der Waals surface area contributed by atoms with E-state index in [1.54, 1.807) is 6.07 Å². The van der Waals surface area contributed by atoms with E-state index in [9.17, 15) is 10.2 Å². The molecule has 1 aromatic carbocycles. The number of aliphatic hydroxyl groups excluding tert-OH is 1. The van der Waals surface area contributed by atoms with E-state index in [1.807, 2.05) is 0 Å². The molecule has 0 bridgehead atoms. The van der Waals surface area contributed by atoms with E-state index in [0.717, 1.165) is 0 Å². The maximum atomic E-state index is 9.67. The maximum absolute atomic E-state index is 9.67. The van der Waals surface area contributed by atoms with Crippen LogP contribution in [0.5, 0.6) is 5.75 Å². The molecule has 4 N–H and O–H groups in total. The average molecular weight is 280 g/mol. The largest absolute Gasteiger partial charge is 0.506 e. The van der Waals surface area contributed by atoms with Crippen LogP contribution >= 0.6 is 23.2 Å². The highest BCUT2D eigenvalue weighted by Crippen LogP contribution is 2.30. The van der Waals surface area contributed by atoms with Crippen LogP contribution in [0, 0.1) is 0 Å². The van der Waals surface area contributed by atoms with Gasteiger partial charge in [-0.05, 0) is 19.1 Å². The summed E-state index contributed by atoms with van der Waals surface area (Å²) in [6, 6.07) is 3.04. The van der Waals surface area contributed by atoms with Gasteiger partial charge in [-0.2, -0.15) is 0 Å². The van der Waals surface area contributed by atoms with Crippen LogP contribution in [0.3, 0.4) is 0 Å². The first-order valence-corrected chi connectivity index (χ1v) is 5.82. The number of aromatic hydroxyl groups is 1. The van der Waals surface area contributed by atoms with Crippen LogP contribution < -0.4 is 5.32 Å². The van der Waals surface area contributed by atoms with Gasteiger partial charge in [-0.25, -0.2) is 0 Å². The molecule has 0 aliphatic carbocycles. The van der Waals surface area contributed by atoms with E-state index in [0.29, 0.717) is 17.1 Å². The zero-order chi connectivity index (χ0) is 13.1. The summed E-state index contributed by atoms with van der Waals surface area (Å²) in [7, 11) is 0. The van der Waals surface area contributed by atoms with Crippen LogP contribution in [0.2, 0.25) is 10.0 Å². The molecule has 6 heteroatoms. The normalized spacial score (nSPS) is 14.6. The second-order valence-corrected chi connectivity index (χ2v) is 5.00. The van der Waals surface area contributed by atoms with Crippen LogP contribution in [0.1, 0.15) is 12.5 Å². The third-order valence-electron chi connectivity index (χ3n) is 2.27. The van der Waals surface area contributed by atoms with Crippen molar-refractivity contribution < 1.29 is 15.3 Å². The SMILES string of the molecule is CC(O)(CO)CNCc1cc(Cl)cc(Cl)c1O. The third kappa shape index (κ3) is 4.33. The smallest absolute Gasteiger partial charge is 0.138 e. The summed E-state index contributed by atoms with van der Waals surface area (Å²) in [5, 5.41) is 31.6. The Morgan fingerprint density at radius 1 is 1.35 bits per heavy atom. The van der Waals surface area contributed by atoms with Gasteiger partial charge in [0.2, 0.25) is 0 Å². The molecule has 1 atom stereocenters. The van der Waals surface area contributed by atoms with E-state index >= 15 is 0 Å². The van der Waals surface area contributed by atoms with Gasteiger partial charge in [0.1, 0.15) is 5.75 Å². The van der Waals surface area contributed by atoms with E-state index in [1.165, 1.54) is 13.0 Å². The maximum Gasteiger partial charge on any atom is 0.138 e. The van der Waals surface area contributed by atoms with Gasteiger partial charge in [0.25, 0.3) is 0 Å². The van der Waals surface area contributed by atoms with Crippen molar-refractivity contribution in [1.82, 2.24) is 5.32 Å². The van der Waals surface area contributed by atoms with Gasteiger partial charge in [-0.1, -0.05) is 23.2 Å². The summed E-state index contributed by atoms with van der Waals surface area (Å²) in [6.07, 6.45) is 0. The Morgan fingerprint density at radius 3 is 2.59 bits per heavy atom. The molecule has 1 aromatic rings. The summed E-state index contributed by atoms with van der Waals surface area (Å²) in [4.78, 5) is 0. The molecule has 4 nitrogen and oxygen atoms in total. The van der Waals surface area contributed by atoms with Gasteiger partial charge in [-0.15, -0.1) is 0 Å². The fourth-order valence-corrected chi connectivity index (χ4v) is 1.81. The van der Waals surface area contributed by atoms with Gasteiger partial charge >= 0.3 is 0 Å². The number of phenolic OH excluding ortho intramolecular Hbond substituents is 1. The van der Waals surface area contributed by atoms with E-state index in [4.69, 9.17) is 28.3 Å². The lowest BCUT2D eigenvalue weighted by Crippen LogP contribution is -2.40. The highest BCUT2D eigenvalue weighted by atomic mass is 35.5. The minimum absolute atomic E-state index is 0.0350. The van der Waals surface area contributed by atoms with E-state index < -0.39 is 5.60 Å². The molecule has 96 valence electrons. The number of halogens is 2. The molecule has 0 spiro atoms. The van der Waals surface area contributed by atoms with Gasteiger partial charge in [0.05, 0.1) is 17.2 Å². The number of hydrogen-bond donors (Lipinski definition) is 4. The number of nitrogens with one attached hydrogen (secondary N) is 1. The van der Waals surface area contributed by atoms with Crippen molar-refractivity contribution in [3.63, 3.8) is 0 Å². The van der Waals surface area contributed by atoms with Crippen LogP contribution in [0.15, 0.2) is 12.1 Å². The number of benzene rings is 1. The average Bonchev–Trinajstić information content (AvgIpc) is 2.24. The molecule has 0 radical (unpaired) electrons. The molecule has 1 unspecified atom stereocenters. The van der Waals surface area contributed by atoms with Gasteiger partial charge in [-0.3, -0.25) is 0 Å². The molecule has 0 aliphatic rings. The molecule has 0 aromatic heterocycles. The van der Waals surface area contributed by atoms with Gasteiger partial charge in [0.15, 0.2) is 0 Å². The first-order chi connectivity index (χ1) is 7.85. The standard InChI is InChI=1S/C11H15Cl2NO3/c1-11(17,6-15)5-14-4-7-2-8(12)3-9(13)10(7)16/h2-3,14-17H,4-6H2,1H3. The van der Waals surface area contributed by atoms with Crippen molar-refractivity contribution in [3.05, 3.63) is 27.7 Å². The zero-order valence-electron chi connectivity index (χ0n) is 9.37. The molecule has 0 fully saturated rings. The molecule has 0 aliphatic heterocycles. The van der Waals surface area contributed by atoms with Crippen molar-refractivity contribution in [2.45, 2.75) is 19.1 Å². The molecule has 1 rings (SSSR count). The lowest BCUT2D eigenvalue weighted by Gasteiger charge is -2.21. The number of rotatable bonds is 5.